The fraction of sp³-hybridized carbons (Fsp3) is 0.364. The number of halogens is 3. The van der Waals surface area contributed by atoms with Gasteiger partial charge in [-0.3, -0.25) is 4.79 Å². The van der Waals surface area contributed by atoms with E-state index in [1.807, 2.05) is 13.8 Å². The quantitative estimate of drug-likeness (QED) is 0.507. The predicted octanol–water partition coefficient (Wildman–Crippen LogP) is 2.95. The highest BCUT2D eigenvalue weighted by Crippen LogP contribution is 2.31. The van der Waals surface area contributed by atoms with Gasteiger partial charge in [-0.25, -0.2) is 5.43 Å². The average Bonchev–Trinajstić information content (AvgIpc) is 2.41. The summed E-state index contributed by atoms with van der Waals surface area (Å²) >= 11 is 17.6. The lowest BCUT2D eigenvalue weighted by molar-refractivity contribution is -0.379. The standard InChI is InChI=1S/C11H13Cl3N4O/c1-3-5(4-2)17-18-11(19)9-6(12)8(15)7(13)10(14)16-9/h3-4H2,1-2H3,(H2,15,16)(H,18,19)/p+1. The third kappa shape index (κ3) is 3.72. The van der Waals surface area contributed by atoms with E-state index in [4.69, 9.17) is 40.5 Å². The summed E-state index contributed by atoms with van der Waals surface area (Å²) in [4.78, 5) is 14.5. The summed E-state index contributed by atoms with van der Waals surface area (Å²) in [6.45, 7) is 3.90. The van der Waals surface area contributed by atoms with Crippen molar-refractivity contribution in [3.63, 3.8) is 0 Å². The van der Waals surface area contributed by atoms with E-state index in [1.54, 1.807) is 0 Å². The zero-order valence-electron chi connectivity index (χ0n) is 10.5. The molecule has 1 aromatic rings. The molecule has 1 heterocycles. The molecule has 5 nitrogen and oxygen atoms in total. The van der Waals surface area contributed by atoms with E-state index in [-0.39, 0.29) is 26.6 Å². The second-order valence-corrected chi connectivity index (χ2v) is 4.82. The molecule has 0 aromatic carbocycles. The Labute approximate surface area is 126 Å². The molecule has 104 valence electrons. The van der Waals surface area contributed by atoms with Crippen LogP contribution in [-0.4, -0.2) is 11.6 Å². The molecule has 1 aromatic heterocycles. The lowest BCUT2D eigenvalue weighted by atomic mass is 10.2. The number of hydrazone groups is 1. The van der Waals surface area contributed by atoms with Gasteiger partial charge in [-0.2, -0.15) is 10.1 Å². The first kappa shape index (κ1) is 16.0. The first-order chi connectivity index (χ1) is 8.92. The SMILES string of the molecule is CCC(CC)=NNC(=O)c1[nH+]c(Cl)c(Cl)c(N)c1Cl. The highest BCUT2D eigenvalue weighted by atomic mass is 35.5. The summed E-state index contributed by atoms with van der Waals surface area (Å²) in [5, 5.41) is 4.12. The summed E-state index contributed by atoms with van der Waals surface area (Å²) in [7, 11) is 0. The van der Waals surface area contributed by atoms with Crippen LogP contribution in [-0.2, 0) is 0 Å². The van der Waals surface area contributed by atoms with Crippen LogP contribution in [0.25, 0.3) is 0 Å². The number of hydrogen-bond acceptors (Lipinski definition) is 3. The molecule has 1 amide bonds. The third-order valence-corrected chi connectivity index (χ3v) is 3.64. The Bertz CT molecular complexity index is 525. The highest BCUT2D eigenvalue weighted by molar-refractivity contribution is 6.45. The average molecular weight is 325 g/mol. The van der Waals surface area contributed by atoms with E-state index in [2.05, 4.69) is 15.5 Å². The van der Waals surface area contributed by atoms with Crippen molar-refractivity contribution < 1.29 is 9.78 Å². The molecule has 8 heteroatoms. The predicted molar refractivity (Wildman–Crippen MR) is 77.9 cm³/mol. The number of aromatic nitrogens is 1. The van der Waals surface area contributed by atoms with E-state index < -0.39 is 5.91 Å². The van der Waals surface area contributed by atoms with Crippen LogP contribution in [0.1, 0.15) is 37.2 Å². The summed E-state index contributed by atoms with van der Waals surface area (Å²) in [5.41, 5.74) is 8.96. The number of H-pyrrole nitrogens is 1. The molecular weight excluding hydrogens is 311 g/mol. The summed E-state index contributed by atoms with van der Waals surface area (Å²) < 4.78 is 0. The van der Waals surface area contributed by atoms with Crippen molar-refractivity contribution in [2.75, 3.05) is 5.73 Å². The molecule has 0 spiro atoms. The largest absolute Gasteiger partial charge is 0.396 e. The first-order valence-corrected chi connectivity index (χ1v) is 6.76. The number of nitrogens with two attached hydrogens (primary N) is 1. The number of amides is 1. The Kier molecular flexibility index (Phi) is 5.85. The van der Waals surface area contributed by atoms with Crippen molar-refractivity contribution in [2.24, 2.45) is 5.10 Å². The van der Waals surface area contributed by atoms with Crippen molar-refractivity contribution in [1.82, 2.24) is 5.43 Å². The van der Waals surface area contributed by atoms with E-state index in [1.165, 1.54) is 0 Å². The molecule has 0 saturated heterocycles. The zero-order valence-corrected chi connectivity index (χ0v) is 12.7. The Balaban J connectivity index is 3.05. The molecule has 0 aliphatic rings. The fourth-order valence-corrected chi connectivity index (χ4v) is 1.93. The number of rotatable bonds is 4. The second-order valence-electron chi connectivity index (χ2n) is 3.68. The number of anilines is 1. The van der Waals surface area contributed by atoms with E-state index in [0.717, 1.165) is 18.6 Å². The van der Waals surface area contributed by atoms with Gasteiger partial charge in [-0.15, -0.1) is 0 Å². The minimum absolute atomic E-state index is 0.0108. The first-order valence-electron chi connectivity index (χ1n) is 5.63. The number of hydrogen-bond donors (Lipinski definition) is 2. The molecule has 0 bridgehead atoms. The van der Waals surface area contributed by atoms with E-state index in [0.29, 0.717) is 0 Å². The third-order valence-electron chi connectivity index (χ3n) is 2.48. The van der Waals surface area contributed by atoms with Crippen molar-refractivity contribution in [1.29, 1.82) is 0 Å². The monoisotopic (exact) mass is 323 g/mol. The fourth-order valence-electron chi connectivity index (χ4n) is 1.32. The van der Waals surface area contributed by atoms with Crippen LogP contribution in [0.2, 0.25) is 15.2 Å². The Morgan fingerprint density at radius 3 is 2.37 bits per heavy atom. The van der Waals surface area contributed by atoms with Crippen LogP contribution in [0.15, 0.2) is 5.10 Å². The van der Waals surface area contributed by atoms with Crippen molar-refractivity contribution >= 4 is 52.1 Å². The maximum absolute atomic E-state index is 11.9. The van der Waals surface area contributed by atoms with Gasteiger partial charge >= 0.3 is 5.91 Å². The lowest BCUT2D eigenvalue weighted by Crippen LogP contribution is -2.29. The number of pyridine rings is 1. The minimum atomic E-state index is -0.533. The van der Waals surface area contributed by atoms with Gasteiger partial charge in [0.25, 0.3) is 10.8 Å². The van der Waals surface area contributed by atoms with Gasteiger partial charge in [0.05, 0.1) is 5.69 Å². The second kappa shape index (κ2) is 6.93. The van der Waals surface area contributed by atoms with Crippen LogP contribution in [0.4, 0.5) is 5.69 Å². The molecule has 0 saturated carbocycles. The Morgan fingerprint density at radius 1 is 1.26 bits per heavy atom. The summed E-state index contributed by atoms with van der Waals surface area (Å²) in [6.07, 6.45) is 1.50. The molecule has 0 aliphatic carbocycles. The normalized spacial score (nSPS) is 10.2. The highest BCUT2D eigenvalue weighted by Gasteiger charge is 2.25. The van der Waals surface area contributed by atoms with Gasteiger partial charge in [-0.05, 0) is 24.4 Å². The van der Waals surface area contributed by atoms with Crippen LogP contribution < -0.4 is 16.1 Å². The molecule has 0 unspecified atom stereocenters. The van der Waals surface area contributed by atoms with Crippen molar-refractivity contribution in [3.05, 3.63) is 20.9 Å². The number of nitrogens with one attached hydrogen (secondary N) is 2. The topological polar surface area (TPSA) is 81.6 Å². The maximum atomic E-state index is 11.9. The smallest absolute Gasteiger partial charge is 0.337 e. The van der Waals surface area contributed by atoms with Gasteiger partial charge in [-0.1, -0.05) is 37.0 Å². The van der Waals surface area contributed by atoms with Gasteiger partial charge in [0.1, 0.15) is 10.0 Å². The summed E-state index contributed by atoms with van der Waals surface area (Å²) in [6, 6.07) is 0. The minimum Gasteiger partial charge on any atom is -0.396 e. The number of nitrogen functional groups attached to an aromatic ring is 1. The lowest BCUT2D eigenvalue weighted by Gasteiger charge is -2.04. The number of carbonyl (C=O) groups is 1. The van der Waals surface area contributed by atoms with E-state index >= 15 is 0 Å². The molecule has 0 atom stereocenters. The molecule has 0 fully saturated rings. The molecule has 0 radical (unpaired) electrons. The van der Waals surface area contributed by atoms with Crippen LogP contribution in [0.3, 0.4) is 0 Å². The zero-order chi connectivity index (χ0) is 14.6. The van der Waals surface area contributed by atoms with E-state index in [9.17, 15) is 4.79 Å². The number of aromatic amines is 1. The van der Waals surface area contributed by atoms with Crippen LogP contribution >= 0.6 is 34.8 Å². The maximum Gasteiger partial charge on any atom is 0.337 e. The van der Waals surface area contributed by atoms with Crippen LogP contribution in [0, 0.1) is 0 Å². The molecule has 0 aliphatic heterocycles. The summed E-state index contributed by atoms with van der Waals surface area (Å²) in [5.74, 6) is -0.533. The van der Waals surface area contributed by atoms with Crippen molar-refractivity contribution in [3.8, 4) is 0 Å². The van der Waals surface area contributed by atoms with Gasteiger partial charge in [0, 0.05) is 5.71 Å². The van der Waals surface area contributed by atoms with Gasteiger partial charge in [0.2, 0.25) is 0 Å². The molecule has 4 N–H and O–H groups in total. The Hall–Kier alpha value is -1.04. The molecule has 19 heavy (non-hydrogen) atoms. The van der Waals surface area contributed by atoms with Gasteiger partial charge in [0.15, 0.2) is 0 Å². The van der Waals surface area contributed by atoms with Crippen molar-refractivity contribution in [2.45, 2.75) is 26.7 Å². The number of carbonyl (C=O) groups excluding carboxylic acids is 1. The Morgan fingerprint density at radius 2 is 1.84 bits per heavy atom. The van der Waals surface area contributed by atoms with Crippen LogP contribution in [0.5, 0.6) is 0 Å². The molecular formula is C11H14Cl3N4O+. The number of nitrogens with zero attached hydrogens (tertiary/aromatic N) is 1. The molecule has 1 rings (SSSR count). The van der Waals surface area contributed by atoms with Gasteiger partial charge < -0.3 is 5.73 Å².